The van der Waals surface area contributed by atoms with Crippen LogP contribution in [0.15, 0.2) is 42.5 Å². The zero-order chi connectivity index (χ0) is 23.9. The third kappa shape index (κ3) is 4.54. The van der Waals surface area contributed by atoms with E-state index >= 15 is 0 Å². The molecule has 1 aromatic heterocycles. The van der Waals surface area contributed by atoms with Crippen LogP contribution in [0.1, 0.15) is 36.8 Å². The minimum Gasteiger partial charge on any atom is -0.399 e. The van der Waals surface area contributed by atoms with Gasteiger partial charge in [-0.2, -0.15) is 5.10 Å². The number of para-hydroxylation sites is 1. The van der Waals surface area contributed by atoms with Gasteiger partial charge in [-0.1, -0.05) is 45.0 Å². The van der Waals surface area contributed by atoms with E-state index in [-0.39, 0.29) is 36.8 Å². The Morgan fingerprint density at radius 1 is 1.21 bits per heavy atom. The van der Waals surface area contributed by atoms with Gasteiger partial charge >= 0.3 is 0 Å². The van der Waals surface area contributed by atoms with Crippen molar-refractivity contribution in [2.45, 2.75) is 39.5 Å². The second-order valence-electron chi connectivity index (χ2n) is 9.55. The summed E-state index contributed by atoms with van der Waals surface area (Å²) >= 11 is 0. The van der Waals surface area contributed by atoms with E-state index in [9.17, 15) is 19.1 Å². The molecule has 0 aliphatic carbocycles. The summed E-state index contributed by atoms with van der Waals surface area (Å²) in [5.41, 5.74) is 6.89. The van der Waals surface area contributed by atoms with E-state index in [1.54, 1.807) is 18.2 Å². The number of halogens is 1. The van der Waals surface area contributed by atoms with Gasteiger partial charge in [0.25, 0.3) is 5.91 Å². The van der Waals surface area contributed by atoms with Gasteiger partial charge in [-0.15, -0.1) is 0 Å². The van der Waals surface area contributed by atoms with Crippen molar-refractivity contribution < 1.29 is 19.1 Å². The predicted molar refractivity (Wildman–Crippen MR) is 123 cm³/mol. The first kappa shape index (κ1) is 22.7. The monoisotopic (exact) mass is 453 g/mol. The average Bonchev–Trinajstić information content (AvgIpc) is 3.09. The van der Waals surface area contributed by atoms with Gasteiger partial charge in [0.05, 0.1) is 12.6 Å². The van der Waals surface area contributed by atoms with Crippen LogP contribution in [-0.2, 0) is 11.3 Å². The number of benzene rings is 2. The maximum atomic E-state index is 14.8. The van der Waals surface area contributed by atoms with Crippen molar-refractivity contribution in [3.63, 3.8) is 0 Å². The van der Waals surface area contributed by atoms with Crippen LogP contribution in [0.3, 0.4) is 0 Å². The van der Waals surface area contributed by atoms with Crippen molar-refractivity contribution in [2.24, 2.45) is 5.41 Å². The number of aromatic nitrogens is 2. The zero-order valence-electron chi connectivity index (χ0n) is 18.9. The number of hydrogen-bond donors (Lipinski definition) is 3. The van der Waals surface area contributed by atoms with E-state index in [0.29, 0.717) is 11.1 Å². The summed E-state index contributed by atoms with van der Waals surface area (Å²) in [6, 6.07) is 10.8. The van der Waals surface area contributed by atoms with Gasteiger partial charge in [-0.05, 0) is 29.2 Å². The lowest BCUT2D eigenvalue weighted by Gasteiger charge is -2.41. The van der Waals surface area contributed by atoms with Crippen LogP contribution < -0.4 is 11.1 Å². The highest BCUT2D eigenvalue weighted by atomic mass is 19.1. The summed E-state index contributed by atoms with van der Waals surface area (Å²) in [5.74, 6) is -1.32. The van der Waals surface area contributed by atoms with Crippen molar-refractivity contribution in [2.75, 3.05) is 18.8 Å². The summed E-state index contributed by atoms with van der Waals surface area (Å²) < 4.78 is 16.2. The van der Waals surface area contributed by atoms with Crippen molar-refractivity contribution >= 4 is 28.4 Å². The van der Waals surface area contributed by atoms with Crippen LogP contribution in [0.4, 0.5) is 10.1 Å². The van der Waals surface area contributed by atoms with Gasteiger partial charge in [0.1, 0.15) is 17.4 Å². The molecule has 2 amide bonds. The van der Waals surface area contributed by atoms with Crippen LogP contribution in [0.2, 0.25) is 0 Å². The number of aliphatic hydroxyl groups excluding tert-OH is 1. The Morgan fingerprint density at radius 2 is 1.88 bits per heavy atom. The molecule has 0 bridgehead atoms. The van der Waals surface area contributed by atoms with E-state index < -0.39 is 29.3 Å². The number of aliphatic hydroxyl groups is 1. The highest BCUT2D eigenvalue weighted by Gasteiger charge is 2.40. The van der Waals surface area contributed by atoms with Gasteiger partial charge in [-0.25, -0.2) is 4.39 Å². The lowest BCUT2D eigenvalue weighted by molar-refractivity contribution is -0.146. The Labute approximate surface area is 191 Å². The van der Waals surface area contributed by atoms with E-state index in [4.69, 9.17) is 5.73 Å². The van der Waals surface area contributed by atoms with E-state index in [1.165, 1.54) is 21.7 Å². The number of β-amino-alcohol motifs (C(OH)–C–C–N with tert-alkyl or cyclic N) is 1. The molecule has 1 unspecified atom stereocenters. The smallest absolute Gasteiger partial charge is 0.273 e. The fourth-order valence-corrected chi connectivity index (χ4v) is 3.94. The zero-order valence-corrected chi connectivity index (χ0v) is 18.9. The molecule has 9 heteroatoms. The predicted octanol–water partition coefficient (Wildman–Crippen LogP) is 2.15. The van der Waals surface area contributed by atoms with Gasteiger partial charge in [-0.3, -0.25) is 14.3 Å². The van der Waals surface area contributed by atoms with Crippen molar-refractivity contribution in [1.29, 1.82) is 0 Å². The SMILES string of the molecule is CC(C)(C)C(NC(=O)c1nn(Cc2ccc(N)cc2)c2c(F)cccc12)C(=O)N1CC(O)C1. The lowest BCUT2D eigenvalue weighted by atomic mass is 9.85. The number of amides is 2. The topological polar surface area (TPSA) is 113 Å². The highest BCUT2D eigenvalue weighted by Crippen LogP contribution is 2.26. The third-order valence-electron chi connectivity index (χ3n) is 5.81. The molecule has 1 aliphatic heterocycles. The standard InChI is InChI=1S/C24H28FN5O3/c1-24(2,3)21(23(33)29-12-16(31)13-29)27-22(32)19-17-5-4-6-18(25)20(17)30(28-19)11-14-7-9-15(26)10-8-14/h4-10,16,21,31H,11-13,26H2,1-3H3,(H,27,32). The molecule has 0 radical (unpaired) electrons. The minimum atomic E-state index is -0.830. The molecule has 4 rings (SSSR count). The molecule has 0 spiro atoms. The van der Waals surface area contributed by atoms with Crippen LogP contribution >= 0.6 is 0 Å². The summed E-state index contributed by atoms with van der Waals surface area (Å²) in [7, 11) is 0. The molecular formula is C24H28FN5O3. The highest BCUT2D eigenvalue weighted by molar-refractivity contribution is 6.06. The Bertz CT molecular complexity index is 1190. The summed E-state index contributed by atoms with van der Waals surface area (Å²) in [6.07, 6.45) is -0.541. The number of nitrogen functional groups attached to an aromatic ring is 1. The number of nitrogens with zero attached hydrogens (tertiary/aromatic N) is 3. The molecule has 1 aliphatic rings. The first-order valence-corrected chi connectivity index (χ1v) is 10.8. The Balaban J connectivity index is 1.66. The normalized spacial score (nSPS) is 15.4. The fraction of sp³-hybridized carbons (Fsp3) is 0.375. The molecule has 2 heterocycles. The Hall–Kier alpha value is -3.46. The second kappa shape index (κ2) is 8.47. The molecule has 2 aromatic carbocycles. The molecule has 1 atom stereocenters. The first-order chi connectivity index (χ1) is 15.5. The number of carbonyl (C=O) groups excluding carboxylic acids is 2. The molecular weight excluding hydrogens is 425 g/mol. The van der Waals surface area contributed by atoms with Crippen LogP contribution in [0.25, 0.3) is 10.9 Å². The van der Waals surface area contributed by atoms with Gasteiger partial charge in [0, 0.05) is 24.2 Å². The van der Waals surface area contributed by atoms with Gasteiger partial charge in [0.15, 0.2) is 5.69 Å². The van der Waals surface area contributed by atoms with Crippen molar-refractivity contribution in [3.8, 4) is 0 Å². The summed E-state index contributed by atoms with van der Waals surface area (Å²) in [6.45, 7) is 6.28. The molecule has 174 valence electrons. The molecule has 0 saturated carbocycles. The van der Waals surface area contributed by atoms with E-state index in [1.807, 2.05) is 32.9 Å². The Morgan fingerprint density at radius 3 is 2.48 bits per heavy atom. The van der Waals surface area contributed by atoms with Crippen LogP contribution in [0, 0.1) is 11.2 Å². The molecule has 8 nitrogen and oxygen atoms in total. The number of nitrogens with one attached hydrogen (secondary N) is 1. The number of fused-ring (bicyclic) bond motifs is 1. The minimum absolute atomic E-state index is 0.0469. The molecule has 33 heavy (non-hydrogen) atoms. The number of anilines is 1. The molecule has 1 saturated heterocycles. The lowest BCUT2D eigenvalue weighted by Crippen LogP contribution is -2.62. The second-order valence-corrected chi connectivity index (χ2v) is 9.55. The number of hydrogen-bond acceptors (Lipinski definition) is 5. The van der Waals surface area contributed by atoms with E-state index in [2.05, 4.69) is 10.4 Å². The van der Waals surface area contributed by atoms with E-state index in [0.717, 1.165) is 5.56 Å². The molecule has 3 aromatic rings. The summed E-state index contributed by atoms with van der Waals surface area (Å²) in [4.78, 5) is 27.8. The number of nitrogens with two attached hydrogens (primary N) is 1. The van der Waals surface area contributed by atoms with Crippen LogP contribution in [0.5, 0.6) is 0 Å². The molecule has 1 fully saturated rings. The number of rotatable bonds is 5. The van der Waals surface area contributed by atoms with Gasteiger partial charge in [0.2, 0.25) is 5.91 Å². The number of likely N-dealkylation sites (tertiary alicyclic amines) is 1. The number of carbonyl (C=O) groups is 2. The average molecular weight is 454 g/mol. The quantitative estimate of drug-likeness (QED) is 0.513. The maximum absolute atomic E-state index is 14.8. The fourth-order valence-electron chi connectivity index (χ4n) is 3.94. The van der Waals surface area contributed by atoms with Crippen molar-refractivity contribution in [1.82, 2.24) is 20.0 Å². The van der Waals surface area contributed by atoms with Crippen molar-refractivity contribution in [3.05, 3.63) is 59.5 Å². The van der Waals surface area contributed by atoms with Crippen LogP contribution in [-0.4, -0.2) is 56.8 Å². The maximum Gasteiger partial charge on any atom is 0.273 e. The Kier molecular flexibility index (Phi) is 5.84. The summed E-state index contributed by atoms with van der Waals surface area (Å²) in [5, 5.41) is 17.2. The van der Waals surface area contributed by atoms with Gasteiger partial charge < -0.3 is 21.1 Å². The third-order valence-corrected chi connectivity index (χ3v) is 5.81. The molecule has 4 N–H and O–H groups in total. The first-order valence-electron chi connectivity index (χ1n) is 10.8. The largest absolute Gasteiger partial charge is 0.399 e.